The van der Waals surface area contributed by atoms with Crippen LogP contribution in [-0.4, -0.2) is 40.2 Å². The summed E-state index contributed by atoms with van der Waals surface area (Å²) >= 11 is 0. The van der Waals surface area contributed by atoms with Gasteiger partial charge in [-0.3, -0.25) is 14.4 Å². The Balaban J connectivity index is 2.28. The number of aromatic nitrogens is 2. The van der Waals surface area contributed by atoms with Crippen LogP contribution < -0.4 is 11.5 Å². The number of anilines is 1. The van der Waals surface area contributed by atoms with E-state index >= 15 is 0 Å². The van der Waals surface area contributed by atoms with Crippen LogP contribution >= 0.6 is 0 Å². The van der Waals surface area contributed by atoms with E-state index < -0.39 is 5.91 Å². The summed E-state index contributed by atoms with van der Waals surface area (Å²) in [5, 5.41) is 4.26. The number of nitrogens with two attached hydrogens (primary N) is 2. The molecule has 0 spiro atoms. The van der Waals surface area contributed by atoms with Crippen molar-refractivity contribution in [2.24, 2.45) is 5.73 Å². The van der Waals surface area contributed by atoms with E-state index in [4.69, 9.17) is 11.5 Å². The number of nitrogens with zero attached hydrogens (tertiary/aromatic N) is 3. The molecule has 2 heterocycles. The zero-order valence-corrected chi connectivity index (χ0v) is 10.3. The van der Waals surface area contributed by atoms with Crippen molar-refractivity contribution in [3.8, 4) is 0 Å². The molecule has 0 radical (unpaired) electrons. The molecule has 6 heteroatoms. The molecule has 1 aromatic rings. The number of primary amides is 1. The number of hydrogen-bond acceptors (Lipinski definition) is 4. The van der Waals surface area contributed by atoms with Crippen molar-refractivity contribution in [3.63, 3.8) is 0 Å². The summed E-state index contributed by atoms with van der Waals surface area (Å²) in [5.74, 6) is -0.553. The Kier molecular flexibility index (Phi) is 3.06. The molecule has 1 saturated heterocycles. The zero-order valence-electron chi connectivity index (χ0n) is 10.3. The first-order valence-corrected chi connectivity index (χ1v) is 5.97. The van der Waals surface area contributed by atoms with Crippen molar-refractivity contribution in [2.75, 3.05) is 25.4 Å². The van der Waals surface area contributed by atoms with Crippen molar-refractivity contribution in [1.82, 2.24) is 14.7 Å². The maximum atomic E-state index is 11.2. The van der Waals surface area contributed by atoms with E-state index in [1.807, 2.05) is 11.6 Å². The topological polar surface area (TPSA) is 90.2 Å². The van der Waals surface area contributed by atoms with Crippen molar-refractivity contribution in [3.05, 3.63) is 11.4 Å². The summed E-state index contributed by atoms with van der Waals surface area (Å²) in [6.07, 6.45) is 0.759. The highest BCUT2D eigenvalue weighted by atomic mass is 16.1. The third kappa shape index (κ3) is 1.88. The molecular formula is C11H19N5O. The van der Waals surface area contributed by atoms with Crippen LogP contribution in [0.15, 0.2) is 0 Å². The van der Waals surface area contributed by atoms with Crippen LogP contribution in [-0.2, 0) is 6.42 Å². The predicted molar refractivity (Wildman–Crippen MR) is 65.7 cm³/mol. The lowest BCUT2D eigenvalue weighted by Gasteiger charge is -2.39. The average molecular weight is 237 g/mol. The molecule has 2 rings (SSSR count). The van der Waals surface area contributed by atoms with Crippen molar-refractivity contribution < 1.29 is 4.79 Å². The number of likely N-dealkylation sites (N-methyl/N-ethyl adjacent to an activating group) is 1. The van der Waals surface area contributed by atoms with Crippen molar-refractivity contribution >= 4 is 11.6 Å². The Morgan fingerprint density at radius 3 is 2.59 bits per heavy atom. The third-order valence-electron chi connectivity index (χ3n) is 3.35. The second kappa shape index (κ2) is 4.37. The van der Waals surface area contributed by atoms with E-state index in [1.54, 1.807) is 0 Å². The Labute approximate surface area is 101 Å². The normalized spacial score (nSPS) is 17.1. The first-order chi connectivity index (χ1) is 8.08. The molecule has 0 unspecified atom stereocenters. The van der Waals surface area contributed by atoms with Crippen LogP contribution in [0.4, 0.5) is 5.69 Å². The van der Waals surface area contributed by atoms with Crippen LogP contribution in [0, 0.1) is 0 Å². The SMILES string of the molecule is CCc1c(N)c(C(N)=O)nn1C1CN(CC)C1. The van der Waals surface area contributed by atoms with Gasteiger partial charge in [0, 0.05) is 13.1 Å². The lowest BCUT2D eigenvalue weighted by molar-refractivity contribution is 0.0969. The fraction of sp³-hybridized carbons (Fsp3) is 0.636. The van der Waals surface area contributed by atoms with Crippen molar-refractivity contribution in [1.29, 1.82) is 0 Å². The van der Waals surface area contributed by atoms with E-state index in [0.717, 1.165) is 31.7 Å². The lowest BCUT2D eigenvalue weighted by Crippen LogP contribution is -2.48. The van der Waals surface area contributed by atoms with Gasteiger partial charge < -0.3 is 11.5 Å². The highest BCUT2D eigenvalue weighted by Crippen LogP contribution is 2.26. The number of nitrogen functional groups attached to an aromatic ring is 1. The minimum atomic E-state index is -0.553. The van der Waals surface area contributed by atoms with Crippen LogP contribution in [0.2, 0.25) is 0 Å². The smallest absolute Gasteiger partial charge is 0.271 e. The third-order valence-corrected chi connectivity index (χ3v) is 3.35. The molecule has 17 heavy (non-hydrogen) atoms. The van der Waals surface area contributed by atoms with E-state index in [1.165, 1.54) is 0 Å². The van der Waals surface area contributed by atoms with Gasteiger partial charge in [-0.05, 0) is 13.0 Å². The fourth-order valence-electron chi connectivity index (χ4n) is 2.27. The van der Waals surface area contributed by atoms with E-state index in [2.05, 4.69) is 16.9 Å². The largest absolute Gasteiger partial charge is 0.395 e. The van der Waals surface area contributed by atoms with Crippen LogP contribution in [0.1, 0.15) is 36.1 Å². The molecule has 0 bridgehead atoms. The maximum Gasteiger partial charge on any atom is 0.271 e. The number of likely N-dealkylation sites (tertiary alicyclic amines) is 1. The van der Waals surface area contributed by atoms with Gasteiger partial charge in [-0.2, -0.15) is 5.10 Å². The monoisotopic (exact) mass is 237 g/mol. The van der Waals surface area contributed by atoms with Gasteiger partial charge in [0.25, 0.3) is 5.91 Å². The molecular weight excluding hydrogens is 218 g/mol. The molecule has 0 atom stereocenters. The zero-order chi connectivity index (χ0) is 12.6. The number of carbonyl (C=O) groups excluding carboxylic acids is 1. The molecule has 0 aromatic carbocycles. The molecule has 0 aliphatic carbocycles. The summed E-state index contributed by atoms with van der Waals surface area (Å²) in [7, 11) is 0. The number of amides is 1. The van der Waals surface area contributed by atoms with Gasteiger partial charge in [-0.25, -0.2) is 0 Å². The summed E-state index contributed by atoms with van der Waals surface area (Å²) < 4.78 is 1.88. The molecule has 1 fully saturated rings. The molecule has 1 aromatic heterocycles. The van der Waals surface area contributed by atoms with Gasteiger partial charge in [0.2, 0.25) is 0 Å². The molecule has 1 amide bonds. The predicted octanol–water partition coefficient (Wildman–Crippen LogP) is 0.00320. The fourth-order valence-corrected chi connectivity index (χ4v) is 2.27. The molecule has 1 aliphatic heterocycles. The summed E-state index contributed by atoms with van der Waals surface area (Å²) in [6.45, 7) is 7.09. The number of hydrogen-bond donors (Lipinski definition) is 2. The second-order valence-corrected chi connectivity index (χ2v) is 4.38. The van der Waals surface area contributed by atoms with Crippen molar-refractivity contribution in [2.45, 2.75) is 26.3 Å². The molecule has 4 N–H and O–H groups in total. The number of rotatable bonds is 4. The highest BCUT2D eigenvalue weighted by molar-refractivity contribution is 5.96. The Bertz CT molecular complexity index is 433. The minimum Gasteiger partial charge on any atom is -0.395 e. The average Bonchev–Trinajstić information content (AvgIpc) is 2.54. The highest BCUT2D eigenvalue weighted by Gasteiger charge is 2.31. The molecule has 1 aliphatic rings. The van der Waals surface area contributed by atoms with Gasteiger partial charge in [-0.1, -0.05) is 13.8 Å². The van der Waals surface area contributed by atoms with Crippen LogP contribution in [0.3, 0.4) is 0 Å². The molecule has 94 valence electrons. The Morgan fingerprint density at radius 2 is 2.12 bits per heavy atom. The first kappa shape index (κ1) is 11.9. The van der Waals surface area contributed by atoms with Gasteiger partial charge in [-0.15, -0.1) is 0 Å². The molecule has 6 nitrogen and oxygen atoms in total. The Morgan fingerprint density at radius 1 is 1.47 bits per heavy atom. The quantitative estimate of drug-likeness (QED) is 0.771. The van der Waals surface area contributed by atoms with E-state index in [0.29, 0.717) is 11.7 Å². The van der Waals surface area contributed by atoms with Crippen LogP contribution in [0.25, 0.3) is 0 Å². The second-order valence-electron chi connectivity index (χ2n) is 4.38. The molecule has 0 saturated carbocycles. The maximum absolute atomic E-state index is 11.2. The summed E-state index contributed by atoms with van der Waals surface area (Å²) in [6, 6.07) is 0.320. The summed E-state index contributed by atoms with van der Waals surface area (Å²) in [4.78, 5) is 13.5. The van der Waals surface area contributed by atoms with Gasteiger partial charge >= 0.3 is 0 Å². The van der Waals surface area contributed by atoms with E-state index in [-0.39, 0.29) is 5.69 Å². The summed E-state index contributed by atoms with van der Waals surface area (Å²) in [5.41, 5.74) is 12.7. The van der Waals surface area contributed by atoms with Gasteiger partial charge in [0.1, 0.15) is 0 Å². The lowest BCUT2D eigenvalue weighted by atomic mass is 10.1. The Hall–Kier alpha value is -1.56. The van der Waals surface area contributed by atoms with E-state index in [9.17, 15) is 4.79 Å². The van der Waals surface area contributed by atoms with Crippen LogP contribution in [0.5, 0.6) is 0 Å². The first-order valence-electron chi connectivity index (χ1n) is 5.97. The minimum absolute atomic E-state index is 0.205. The number of carbonyl (C=O) groups is 1. The van der Waals surface area contributed by atoms with Gasteiger partial charge in [0.05, 0.1) is 17.4 Å². The van der Waals surface area contributed by atoms with Gasteiger partial charge in [0.15, 0.2) is 5.69 Å². The standard InChI is InChI=1S/C11H19N5O/c1-3-8-9(12)10(11(13)17)14-16(8)7-5-15(4-2)6-7/h7H,3-6,12H2,1-2H3,(H2,13,17).